The molecule has 0 radical (unpaired) electrons. The van der Waals surface area contributed by atoms with E-state index in [0.29, 0.717) is 5.92 Å². The number of hydrogen-bond donors (Lipinski definition) is 2. The highest BCUT2D eigenvalue weighted by Crippen LogP contribution is 2.29. The molecule has 3 N–H and O–H groups in total. The zero-order valence-corrected chi connectivity index (χ0v) is 10.6. The van der Waals surface area contributed by atoms with E-state index in [9.17, 15) is 9.90 Å². The van der Waals surface area contributed by atoms with Gasteiger partial charge in [0.25, 0.3) is 0 Å². The van der Waals surface area contributed by atoms with E-state index in [1.807, 2.05) is 0 Å². The highest BCUT2D eigenvalue weighted by Gasteiger charge is 2.26. The Kier molecular flexibility index (Phi) is 3.75. The maximum Gasteiger partial charge on any atom is 0.342 e. The van der Waals surface area contributed by atoms with Gasteiger partial charge in [0.05, 0.1) is 5.69 Å². The fourth-order valence-corrected chi connectivity index (χ4v) is 2.38. The monoisotopic (exact) mass is 249 g/mol. The van der Waals surface area contributed by atoms with Crippen molar-refractivity contribution in [2.75, 3.05) is 5.73 Å². The number of anilines is 1. The molecule has 1 aliphatic rings. The molecule has 2 atom stereocenters. The molecule has 1 aromatic carbocycles. The second-order valence-electron chi connectivity index (χ2n) is 4.95. The number of nitrogens with two attached hydrogens (primary N) is 1. The van der Waals surface area contributed by atoms with Crippen molar-refractivity contribution in [3.8, 4) is 5.75 Å². The maximum absolute atomic E-state index is 12.0. The van der Waals surface area contributed by atoms with Gasteiger partial charge in [-0.15, -0.1) is 0 Å². The van der Waals surface area contributed by atoms with Crippen molar-refractivity contribution in [2.45, 2.75) is 38.7 Å². The van der Waals surface area contributed by atoms with Gasteiger partial charge in [-0.2, -0.15) is 0 Å². The lowest BCUT2D eigenvalue weighted by atomic mass is 9.88. The van der Waals surface area contributed by atoms with Crippen LogP contribution in [0.4, 0.5) is 5.69 Å². The quantitative estimate of drug-likeness (QED) is 0.480. The molecule has 98 valence electrons. The zero-order valence-electron chi connectivity index (χ0n) is 10.6. The fraction of sp³-hybridized carbons (Fsp3) is 0.500. The van der Waals surface area contributed by atoms with E-state index >= 15 is 0 Å². The van der Waals surface area contributed by atoms with Crippen LogP contribution in [0.25, 0.3) is 0 Å². The Bertz CT molecular complexity index is 445. The molecule has 0 amide bonds. The lowest BCUT2D eigenvalue weighted by molar-refractivity contribution is 0.00457. The summed E-state index contributed by atoms with van der Waals surface area (Å²) in [6, 6.07) is 4.72. The Hall–Kier alpha value is -1.71. The number of ether oxygens (including phenoxy) is 1. The zero-order chi connectivity index (χ0) is 13.1. The summed E-state index contributed by atoms with van der Waals surface area (Å²) in [7, 11) is 0. The van der Waals surface area contributed by atoms with Gasteiger partial charge in [-0.05, 0) is 37.3 Å². The van der Waals surface area contributed by atoms with Crippen LogP contribution in [0.3, 0.4) is 0 Å². The van der Waals surface area contributed by atoms with Crippen LogP contribution in [-0.2, 0) is 4.74 Å². The standard InChI is InChI=1S/C14H19NO3/c1-9-5-2-3-8-12(9)18-14(17)10-6-4-7-11(15)13(10)16/h4,6-7,9,12,16H,2-3,5,8,15H2,1H3. The van der Waals surface area contributed by atoms with E-state index in [4.69, 9.17) is 10.5 Å². The smallest absolute Gasteiger partial charge is 0.342 e. The molecule has 0 spiro atoms. The van der Waals surface area contributed by atoms with Crippen molar-refractivity contribution in [3.05, 3.63) is 23.8 Å². The molecule has 2 unspecified atom stereocenters. The van der Waals surface area contributed by atoms with Crippen LogP contribution >= 0.6 is 0 Å². The summed E-state index contributed by atoms with van der Waals surface area (Å²) >= 11 is 0. The summed E-state index contributed by atoms with van der Waals surface area (Å²) in [6.45, 7) is 2.09. The van der Waals surface area contributed by atoms with Gasteiger partial charge in [-0.3, -0.25) is 0 Å². The van der Waals surface area contributed by atoms with Gasteiger partial charge in [0.15, 0.2) is 5.75 Å². The predicted octanol–water partition coefficient (Wildman–Crippen LogP) is 2.71. The summed E-state index contributed by atoms with van der Waals surface area (Å²) in [5.41, 5.74) is 5.90. The van der Waals surface area contributed by atoms with Crippen molar-refractivity contribution in [2.24, 2.45) is 5.92 Å². The normalized spacial score (nSPS) is 23.6. The Balaban J connectivity index is 2.09. The highest BCUT2D eigenvalue weighted by atomic mass is 16.5. The molecule has 1 saturated carbocycles. The van der Waals surface area contributed by atoms with Crippen molar-refractivity contribution in [1.82, 2.24) is 0 Å². The van der Waals surface area contributed by atoms with Crippen LogP contribution in [0.15, 0.2) is 18.2 Å². The van der Waals surface area contributed by atoms with Gasteiger partial charge in [0.2, 0.25) is 0 Å². The first-order valence-electron chi connectivity index (χ1n) is 6.38. The number of aromatic hydroxyl groups is 1. The second kappa shape index (κ2) is 5.29. The minimum atomic E-state index is -0.487. The van der Waals surface area contributed by atoms with Crippen molar-refractivity contribution in [3.63, 3.8) is 0 Å². The number of carbonyl (C=O) groups is 1. The summed E-state index contributed by atoms with van der Waals surface area (Å²) in [5, 5.41) is 9.74. The lowest BCUT2D eigenvalue weighted by Gasteiger charge is -2.28. The van der Waals surface area contributed by atoms with Crippen LogP contribution < -0.4 is 5.73 Å². The molecule has 1 aromatic rings. The predicted molar refractivity (Wildman–Crippen MR) is 69.4 cm³/mol. The lowest BCUT2D eigenvalue weighted by Crippen LogP contribution is -2.28. The van der Waals surface area contributed by atoms with Crippen LogP contribution in [0, 0.1) is 5.92 Å². The molecule has 0 heterocycles. The number of para-hydroxylation sites is 1. The van der Waals surface area contributed by atoms with E-state index in [2.05, 4.69) is 6.92 Å². The van der Waals surface area contributed by atoms with Crippen LogP contribution in [-0.4, -0.2) is 17.2 Å². The molecular formula is C14H19NO3. The molecule has 4 heteroatoms. The summed E-state index contributed by atoms with van der Waals surface area (Å²) < 4.78 is 5.47. The number of carbonyl (C=O) groups excluding carboxylic acids is 1. The third-order valence-electron chi connectivity index (χ3n) is 3.58. The summed E-state index contributed by atoms with van der Waals surface area (Å²) in [5.74, 6) is -0.296. The first kappa shape index (κ1) is 12.7. The Morgan fingerprint density at radius 2 is 2.11 bits per heavy atom. The van der Waals surface area contributed by atoms with Gasteiger partial charge in [-0.25, -0.2) is 4.79 Å². The van der Waals surface area contributed by atoms with E-state index in [-0.39, 0.29) is 23.1 Å². The van der Waals surface area contributed by atoms with Gasteiger partial charge >= 0.3 is 5.97 Å². The number of rotatable bonds is 2. The van der Waals surface area contributed by atoms with E-state index < -0.39 is 5.97 Å². The van der Waals surface area contributed by atoms with Gasteiger partial charge in [0, 0.05) is 0 Å². The van der Waals surface area contributed by atoms with E-state index in [0.717, 1.165) is 19.3 Å². The third-order valence-corrected chi connectivity index (χ3v) is 3.58. The molecule has 2 rings (SSSR count). The second-order valence-corrected chi connectivity index (χ2v) is 4.95. The van der Waals surface area contributed by atoms with Crippen LogP contribution in [0.1, 0.15) is 43.0 Å². The van der Waals surface area contributed by atoms with Crippen molar-refractivity contribution < 1.29 is 14.6 Å². The molecule has 0 saturated heterocycles. The number of nitrogen functional groups attached to an aromatic ring is 1. The maximum atomic E-state index is 12.0. The Morgan fingerprint density at radius 1 is 1.39 bits per heavy atom. The molecule has 0 bridgehead atoms. The number of phenols is 1. The number of phenolic OH excluding ortho intramolecular Hbond substituents is 1. The molecule has 1 aliphatic carbocycles. The number of hydrogen-bond acceptors (Lipinski definition) is 4. The topological polar surface area (TPSA) is 72.5 Å². The Morgan fingerprint density at radius 3 is 2.83 bits per heavy atom. The minimum Gasteiger partial charge on any atom is -0.505 e. The largest absolute Gasteiger partial charge is 0.505 e. The summed E-state index contributed by atoms with van der Waals surface area (Å²) in [6.07, 6.45) is 4.22. The molecule has 1 fully saturated rings. The summed E-state index contributed by atoms with van der Waals surface area (Å²) in [4.78, 5) is 12.0. The van der Waals surface area contributed by atoms with Gasteiger partial charge < -0.3 is 15.6 Å². The van der Waals surface area contributed by atoms with Gasteiger partial charge in [0.1, 0.15) is 11.7 Å². The van der Waals surface area contributed by atoms with Gasteiger partial charge in [-0.1, -0.05) is 19.4 Å². The van der Waals surface area contributed by atoms with Crippen LogP contribution in [0.5, 0.6) is 5.75 Å². The van der Waals surface area contributed by atoms with E-state index in [1.54, 1.807) is 12.1 Å². The molecule has 0 aromatic heterocycles. The first-order valence-corrected chi connectivity index (χ1v) is 6.38. The van der Waals surface area contributed by atoms with Crippen molar-refractivity contribution >= 4 is 11.7 Å². The Labute approximate surface area is 107 Å². The minimum absolute atomic E-state index is 0.0490. The first-order chi connectivity index (χ1) is 8.59. The van der Waals surface area contributed by atoms with Crippen LogP contribution in [0.2, 0.25) is 0 Å². The number of esters is 1. The average molecular weight is 249 g/mol. The van der Waals surface area contributed by atoms with E-state index in [1.165, 1.54) is 12.5 Å². The average Bonchev–Trinajstić information content (AvgIpc) is 2.35. The molecular weight excluding hydrogens is 230 g/mol. The highest BCUT2D eigenvalue weighted by molar-refractivity contribution is 5.94. The molecule has 0 aliphatic heterocycles. The molecule has 4 nitrogen and oxygen atoms in total. The SMILES string of the molecule is CC1CCCCC1OC(=O)c1cccc(N)c1O. The third kappa shape index (κ3) is 2.58. The molecule has 18 heavy (non-hydrogen) atoms. The number of benzene rings is 1. The fourth-order valence-electron chi connectivity index (χ4n) is 2.38. The van der Waals surface area contributed by atoms with Crippen molar-refractivity contribution in [1.29, 1.82) is 0 Å².